The Morgan fingerprint density at radius 1 is 1.19 bits per heavy atom. The van der Waals surface area contributed by atoms with Gasteiger partial charge < -0.3 is 24.3 Å². The molecule has 2 aromatic rings. The Labute approximate surface area is 154 Å². The molecule has 0 aromatic heterocycles. The van der Waals surface area contributed by atoms with Crippen LogP contribution in [-0.2, 0) is 6.42 Å². The lowest BCUT2D eigenvalue weighted by Gasteiger charge is -2.26. The van der Waals surface area contributed by atoms with Crippen LogP contribution in [0.1, 0.15) is 5.56 Å². The molecule has 5 nitrogen and oxygen atoms in total. The zero-order valence-electron chi connectivity index (χ0n) is 15.1. The molecule has 1 aliphatic heterocycles. The molecule has 3 rings (SSSR count). The normalized spacial score (nSPS) is 15.3. The molecule has 1 heterocycles. The van der Waals surface area contributed by atoms with Crippen LogP contribution in [0.5, 0.6) is 23.0 Å². The Morgan fingerprint density at radius 2 is 2.04 bits per heavy atom. The molecule has 0 unspecified atom stereocenters. The van der Waals surface area contributed by atoms with E-state index in [0.717, 1.165) is 35.0 Å². The van der Waals surface area contributed by atoms with E-state index in [9.17, 15) is 0 Å². The molecule has 26 heavy (non-hydrogen) atoms. The molecular weight excluding hydrogens is 330 g/mol. The topological polar surface area (TPSA) is 49.0 Å². The fourth-order valence-electron chi connectivity index (χ4n) is 2.85. The van der Waals surface area contributed by atoms with E-state index in [4.69, 9.17) is 18.9 Å². The summed E-state index contributed by atoms with van der Waals surface area (Å²) in [4.78, 5) is 0. The summed E-state index contributed by atoms with van der Waals surface area (Å²) in [6.45, 7) is 6.27. The number of para-hydroxylation sites is 3. The maximum Gasteiger partial charge on any atom is 0.164 e. The first-order chi connectivity index (χ1) is 12.8. The van der Waals surface area contributed by atoms with Crippen LogP contribution in [0.15, 0.2) is 55.1 Å². The molecule has 0 aliphatic carbocycles. The van der Waals surface area contributed by atoms with Gasteiger partial charge >= 0.3 is 0 Å². The molecular formula is C21H25NO4. The average Bonchev–Trinajstić information content (AvgIpc) is 2.68. The first-order valence-corrected chi connectivity index (χ1v) is 8.80. The van der Waals surface area contributed by atoms with Crippen molar-refractivity contribution in [3.8, 4) is 23.0 Å². The van der Waals surface area contributed by atoms with Crippen molar-refractivity contribution in [2.24, 2.45) is 0 Å². The Bertz CT molecular complexity index is 732. The highest BCUT2D eigenvalue weighted by molar-refractivity contribution is 5.47. The van der Waals surface area contributed by atoms with Crippen LogP contribution in [-0.4, -0.2) is 39.5 Å². The molecule has 1 N–H and O–H groups in total. The Morgan fingerprint density at radius 3 is 2.85 bits per heavy atom. The maximum atomic E-state index is 5.95. The number of nitrogens with one attached hydrogen (secondary N) is 1. The molecule has 138 valence electrons. The lowest BCUT2D eigenvalue weighted by atomic mass is 10.1. The van der Waals surface area contributed by atoms with Gasteiger partial charge in [-0.05, 0) is 24.6 Å². The zero-order valence-corrected chi connectivity index (χ0v) is 15.1. The van der Waals surface area contributed by atoms with Crippen molar-refractivity contribution in [2.75, 3.05) is 33.4 Å². The molecule has 2 aromatic carbocycles. The van der Waals surface area contributed by atoms with Crippen LogP contribution in [0, 0.1) is 0 Å². The standard InChI is InChI=1S/C21H25NO4/c1-3-7-16-8-6-11-20(23-2)21(16)24-13-12-22-14-17-15-25-18-9-4-5-10-19(18)26-17/h3-6,8-11,17,22H,1,7,12-15H2,2H3/t17-/m0/s1. The molecule has 1 atom stereocenters. The highest BCUT2D eigenvalue weighted by Crippen LogP contribution is 2.32. The van der Waals surface area contributed by atoms with Crippen molar-refractivity contribution in [3.05, 3.63) is 60.7 Å². The molecule has 5 heteroatoms. The van der Waals surface area contributed by atoms with E-state index in [1.807, 2.05) is 48.5 Å². The van der Waals surface area contributed by atoms with Gasteiger partial charge in [-0.2, -0.15) is 0 Å². The van der Waals surface area contributed by atoms with Crippen LogP contribution in [0.2, 0.25) is 0 Å². The molecule has 0 radical (unpaired) electrons. The molecule has 0 amide bonds. The smallest absolute Gasteiger partial charge is 0.164 e. The summed E-state index contributed by atoms with van der Waals surface area (Å²) < 4.78 is 23.0. The van der Waals surface area contributed by atoms with Gasteiger partial charge in [0.2, 0.25) is 0 Å². The highest BCUT2D eigenvalue weighted by Gasteiger charge is 2.19. The van der Waals surface area contributed by atoms with E-state index in [1.165, 1.54) is 0 Å². The predicted molar refractivity (Wildman–Crippen MR) is 102 cm³/mol. The lowest BCUT2D eigenvalue weighted by molar-refractivity contribution is 0.0897. The molecule has 0 saturated carbocycles. The van der Waals surface area contributed by atoms with Crippen molar-refractivity contribution < 1.29 is 18.9 Å². The average molecular weight is 355 g/mol. The Balaban J connectivity index is 1.45. The van der Waals surface area contributed by atoms with Gasteiger partial charge in [-0.15, -0.1) is 6.58 Å². The number of hydrogen-bond donors (Lipinski definition) is 1. The summed E-state index contributed by atoms with van der Waals surface area (Å²) in [6.07, 6.45) is 2.59. The fraction of sp³-hybridized carbons (Fsp3) is 0.333. The largest absolute Gasteiger partial charge is 0.493 e. The minimum atomic E-state index is -0.00696. The second-order valence-electron chi connectivity index (χ2n) is 5.99. The molecule has 0 saturated heterocycles. The second-order valence-corrected chi connectivity index (χ2v) is 5.99. The van der Waals surface area contributed by atoms with Gasteiger partial charge in [0.25, 0.3) is 0 Å². The quantitative estimate of drug-likeness (QED) is 0.553. The first kappa shape index (κ1) is 18.1. The summed E-state index contributed by atoms with van der Waals surface area (Å²) in [7, 11) is 1.65. The number of methoxy groups -OCH3 is 1. The van der Waals surface area contributed by atoms with Crippen molar-refractivity contribution in [1.29, 1.82) is 0 Å². The van der Waals surface area contributed by atoms with Gasteiger partial charge in [0.1, 0.15) is 19.3 Å². The second kappa shape index (κ2) is 9.15. The molecule has 1 aliphatic rings. The number of allylic oxidation sites excluding steroid dienone is 1. The summed E-state index contributed by atoms with van der Waals surface area (Å²) in [5.74, 6) is 3.12. The van der Waals surface area contributed by atoms with Crippen LogP contribution in [0.3, 0.4) is 0 Å². The van der Waals surface area contributed by atoms with E-state index in [0.29, 0.717) is 26.3 Å². The monoisotopic (exact) mass is 355 g/mol. The van der Waals surface area contributed by atoms with Crippen molar-refractivity contribution in [3.63, 3.8) is 0 Å². The van der Waals surface area contributed by atoms with Crippen LogP contribution in [0.25, 0.3) is 0 Å². The maximum absolute atomic E-state index is 5.95. The SMILES string of the molecule is C=CCc1cccc(OC)c1OCCNC[C@H]1COc2ccccc2O1. The number of benzene rings is 2. The highest BCUT2D eigenvalue weighted by atomic mass is 16.6. The van der Waals surface area contributed by atoms with E-state index in [1.54, 1.807) is 7.11 Å². The zero-order chi connectivity index (χ0) is 18.2. The Hall–Kier alpha value is -2.66. The van der Waals surface area contributed by atoms with Crippen LogP contribution < -0.4 is 24.3 Å². The lowest BCUT2D eigenvalue weighted by Crippen LogP contribution is -2.39. The van der Waals surface area contributed by atoms with Crippen molar-refractivity contribution in [1.82, 2.24) is 5.32 Å². The van der Waals surface area contributed by atoms with E-state index in [-0.39, 0.29) is 6.10 Å². The van der Waals surface area contributed by atoms with Crippen LogP contribution >= 0.6 is 0 Å². The van der Waals surface area contributed by atoms with Gasteiger partial charge in [0.15, 0.2) is 23.0 Å². The van der Waals surface area contributed by atoms with E-state index >= 15 is 0 Å². The molecule has 0 bridgehead atoms. The summed E-state index contributed by atoms with van der Waals surface area (Å²) in [5.41, 5.74) is 1.07. The van der Waals surface area contributed by atoms with Gasteiger partial charge in [-0.3, -0.25) is 0 Å². The Kier molecular flexibility index (Phi) is 6.39. The van der Waals surface area contributed by atoms with Crippen molar-refractivity contribution in [2.45, 2.75) is 12.5 Å². The minimum absolute atomic E-state index is 0.00696. The van der Waals surface area contributed by atoms with Crippen molar-refractivity contribution >= 4 is 0 Å². The number of fused-ring (bicyclic) bond motifs is 1. The minimum Gasteiger partial charge on any atom is -0.493 e. The third-order valence-electron chi connectivity index (χ3n) is 4.11. The summed E-state index contributed by atoms with van der Waals surface area (Å²) >= 11 is 0. The van der Waals surface area contributed by atoms with Gasteiger partial charge in [0, 0.05) is 18.7 Å². The number of rotatable bonds is 9. The third kappa shape index (κ3) is 4.49. The van der Waals surface area contributed by atoms with E-state index < -0.39 is 0 Å². The van der Waals surface area contributed by atoms with Gasteiger partial charge in [0.05, 0.1) is 7.11 Å². The number of ether oxygens (including phenoxy) is 4. The molecule has 0 spiro atoms. The van der Waals surface area contributed by atoms with Gasteiger partial charge in [-0.25, -0.2) is 0 Å². The molecule has 0 fully saturated rings. The number of hydrogen-bond acceptors (Lipinski definition) is 5. The van der Waals surface area contributed by atoms with Gasteiger partial charge in [-0.1, -0.05) is 30.3 Å². The van der Waals surface area contributed by atoms with Crippen LogP contribution in [0.4, 0.5) is 0 Å². The fourth-order valence-corrected chi connectivity index (χ4v) is 2.85. The third-order valence-corrected chi connectivity index (χ3v) is 4.11. The summed E-state index contributed by atoms with van der Waals surface area (Å²) in [5, 5.41) is 3.35. The summed E-state index contributed by atoms with van der Waals surface area (Å²) in [6, 6.07) is 13.6. The predicted octanol–water partition coefficient (Wildman–Crippen LogP) is 3.23. The van der Waals surface area contributed by atoms with E-state index in [2.05, 4.69) is 11.9 Å². The first-order valence-electron chi connectivity index (χ1n) is 8.80.